The van der Waals surface area contributed by atoms with Crippen LogP contribution in [0.3, 0.4) is 0 Å². The van der Waals surface area contributed by atoms with Crippen LogP contribution in [0.25, 0.3) is 11.1 Å². The summed E-state index contributed by atoms with van der Waals surface area (Å²) in [6, 6.07) is 11.1. The zero-order valence-corrected chi connectivity index (χ0v) is 11.6. The molecule has 2 aromatic rings. The average Bonchev–Trinajstić information content (AvgIpc) is 2.53. The maximum atomic E-state index is 11.9. The number of benzene rings is 1. The summed E-state index contributed by atoms with van der Waals surface area (Å²) in [5, 5.41) is 5.53. The summed E-state index contributed by atoms with van der Waals surface area (Å²) in [6.45, 7) is -0.946. The molecule has 1 aromatic heterocycles. The van der Waals surface area contributed by atoms with Crippen molar-refractivity contribution in [1.82, 2.24) is 4.98 Å². The third kappa shape index (κ3) is 4.17. The summed E-state index contributed by atoms with van der Waals surface area (Å²) in [7, 11) is 1.80. The molecule has 1 amide bonds. The topological polar surface area (TPSA) is 63.2 Å². The lowest BCUT2D eigenvalue weighted by Crippen LogP contribution is -2.14. The van der Waals surface area contributed by atoms with E-state index < -0.39 is 12.8 Å². The molecule has 0 saturated heterocycles. The number of anilines is 2. The van der Waals surface area contributed by atoms with Gasteiger partial charge in [0.1, 0.15) is 19.1 Å². The lowest BCUT2D eigenvalue weighted by molar-refractivity contribution is 0.152. The van der Waals surface area contributed by atoms with Gasteiger partial charge in [-0.1, -0.05) is 12.1 Å². The Kier molecular flexibility index (Phi) is 5.09. The lowest BCUT2D eigenvalue weighted by Gasteiger charge is -2.08. The highest BCUT2D eigenvalue weighted by atomic mass is 19.1. The van der Waals surface area contributed by atoms with Crippen molar-refractivity contribution in [1.29, 1.82) is 0 Å². The van der Waals surface area contributed by atoms with E-state index in [0.29, 0.717) is 5.69 Å². The zero-order valence-electron chi connectivity index (χ0n) is 11.6. The molecule has 110 valence electrons. The van der Waals surface area contributed by atoms with Gasteiger partial charge in [0.15, 0.2) is 0 Å². The normalized spacial score (nSPS) is 10.0. The summed E-state index contributed by atoms with van der Waals surface area (Å²) < 4.78 is 16.6. The molecule has 1 aromatic carbocycles. The number of carbonyl (C=O) groups is 1. The minimum absolute atomic E-state index is 0.249. The van der Waals surface area contributed by atoms with Gasteiger partial charge >= 0.3 is 6.09 Å². The van der Waals surface area contributed by atoms with Gasteiger partial charge in [0.25, 0.3) is 0 Å². The summed E-state index contributed by atoms with van der Waals surface area (Å²) in [5.74, 6) is 0.758. The van der Waals surface area contributed by atoms with E-state index in [1.807, 2.05) is 30.3 Å². The fourth-order valence-corrected chi connectivity index (χ4v) is 1.81. The van der Waals surface area contributed by atoms with E-state index in [1.54, 1.807) is 19.3 Å². The van der Waals surface area contributed by atoms with Gasteiger partial charge in [0.2, 0.25) is 0 Å². The van der Waals surface area contributed by atoms with Crippen molar-refractivity contribution in [3.63, 3.8) is 0 Å². The van der Waals surface area contributed by atoms with E-state index >= 15 is 0 Å². The maximum Gasteiger partial charge on any atom is 0.411 e. The Hall–Kier alpha value is -2.63. The number of nitrogens with zero attached hydrogens (tertiary/aromatic N) is 1. The second-order valence-corrected chi connectivity index (χ2v) is 4.21. The molecule has 0 aliphatic carbocycles. The summed E-state index contributed by atoms with van der Waals surface area (Å²) in [5.41, 5.74) is 2.48. The minimum atomic E-state index is -0.697. The second-order valence-electron chi connectivity index (χ2n) is 4.21. The molecular formula is C15H16FN3O2. The number of rotatable bonds is 5. The van der Waals surface area contributed by atoms with Gasteiger partial charge < -0.3 is 10.1 Å². The molecule has 5 nitrogen and oxygen atoms in total. The molecule has 0 aliphatic rings. The third-order valence-electron chi connectivity index (χ3n) is 2.77. The Labute approximate surface area is 122 Å². The highest BCUT2D eigenvalue weighted by Gasteiger charge is 2.05. The number of carbonyl (C=O) groups excluding carboxylic acids is 1. The number of halogens is 1. The number of nitrogens with one attached hydrogen (secondary N) is 2. The van der Waals surface area contributed by atoms with Crippen molar-refractivity contribution in [3.8, 4) is 11.1 Å². The predicted molar refractivity (Wildman–Crippen MR) is 80.2 cm³/mol. The van der Waals surface area contributed by atoms with E-state index in [4.69, 9.17) is 0 Å². The van der Waals surface area contributed by atoms with Crippen molar-refractivity contribution in [2.45, 2.75) is 0 Å². The Balaban J connectivity index is 2.15. The quantitative estimate of drug-likeness (QED) is 0.886. The van der Waals surface area contributed by atoms with Crippen molar-refractivity contribution in [2.75, 3.05) is 31.0 Å². The van der Waals surface area contributed by atoms with Crippen LogP contribution in [0.5, 0.6) is 0 Å². The average molecular weight is 289 g/mol. The number of aromatic nitrogens is 1. The Morgan fingerprint density at radius 1 is 1.29 bits per heavy atom. The molecule has 0 unspecified atom stereocenters. The van der Waals surface area contributed by atoms with Crippen molar-refractivity contribution in [3.05, 3.63) is 42.6 Å². The first-order valence-electron chi connectivity index (χ1n) is 6.47. The molecule has 0 aliphatic heterocycles. The smallest absolute Gasteiger partial charge is 0.411 e. The van der Waals surface area contributed by atoms with Gasteiger partial charge in [-0.25, -0.2) is 14.2 Å². The third-order valence-corrected chi connectivity index (χ3v) is 2.77. The molecule has 0 atom stereocenters. The minimum Gasteiger partial charge on any atom is -0.447 e. The van der Waals surface area contributed by atoms with E-state index in [9.17, 15) is 9.18 Å². The van der Waals surface area contributed by atoms with Crippen LogP contribution in [0.2, 0.25) is 0 Å². The van der Waals surface area contributed by atoms with Gasteiger partial charge in [0, 0.05) is 18.9 Å². The number of hydrogen-bond acceptors (Lipinski definition) is 4. The number of hydrogen-bond donors (Lipinski definition) is 2. The Morgan fingerprint density at radius 2 is 2.10 bits per heavy atom. The molecular weight excluding hydrogens is 273 g/mol. The number of ether oxygens (including phenoxy) is 1. The first-order valence-corrected chi connectivity index (χ1v) is 6.47. The van der Waals surface area contributed by atoms with Gasteiger partial charge in [-0.05, 0) is 35.4 Å². The molecule has 6 heteroatoms. The van der Waals surface area contributed by atoms with E-state index in [2.05, 4.69) is 20.4 Å². The van der Waals surface area contributed by atoms with Crippen molar-refractivity contribution in [2.24, 2.45) is 0 Å². The second kappa shape index (κ2) is 7.23. The monoisotopic (exact) mass is 289 g/mol. The summed E-state index contributed by atoms with van der Waals surface area (Å²) in [4.78, 5) is 15.6. The van der Waals surface area contributed by atoms with E-state index in [-0.39, 0.29) is 6.61 Å². The van der Waals surface area contributed by atoms with Crippen LogP contribution in [0.4, 0.5) is 20.7 Å². The fraction of sp³-hybridized carbons (Fsp3) is 0.200. The molecule has 0 radical (unpaired) electrons. The molecule has 0 fully saturated rings. The van der Waals surface area contributed by atoms with Crippen LogP contribution >= 0.6 is 0 Å². The zero-order chi connectivity index (χ0) is 15.1. The maximum absolute atomic E-state index is 11.9. The van der Waals surface area contributed by atoms with E-state index in [1.165, 1.54) is 0 Å². The Bertz CT molecular complexity index is 619. The van der Waals surface area contributed by atoms with Gasteiger partial charge in [-0.3, -0.25) is 5.32 Å². The van der Waals surface area contributed by atoms with Crippen LogP contribution in [-0.4, -0.2) is 31.4 Å². The lowest BCUT2D eigenvalue weighted by atomic mass is 10.1. The largest absolute Gasteiger partial charge is 0.447 e. The molecule has 2 rings (SSSR count). The first-order chi connectivity index (χ1) is 10.2. The highest BCUT2D eigenvalue weighted by molar-refractivity contribution is 5.86. The number of alkyl halides is 1. The molecule has 0 saturated carbocycles. The summed E-state index contributed by atoms with van der Waals surface area (Å²) >= 11 is 0. The number of pyridine rings is 1. The Morgan fingerprint density at radius 3 is 2.86 bits per heavy atom. The van der Waals surface area contributed by atoms with E-state index in [0.717, 1.165) is 16.9 Å². The van der Waals surface area contributed by atoms with Crippen LogP contribution < -0.4 is 10.6 Å². The van der Waals surface area contributed by atoms with Crippen molar-refractivity contribution >= 4 is 17.6 Å². The summed E-state index contributed by atoms with van der Waals surface area (Å²) in [6.07, 6.45) is 1.03. The fourth-order valence-electron chi connectivity index (χ4n) is 1.81. The molecule has 21 heavy (non-hydrogen) atoms. The van der Waals surface area contributed by atoms with Crippen LogP contribution in [-0.2, 0) is 4.74 Å². The first kappa shape index (κ1) is 14.8. The van der Waals surface area contributed by atoms with Gasteiger partial charge in [-0.2, -0.15) is 0 Å². The van der Waals surface area contributed by atoms with Crippen LogP contribution in [0.1, 0.15) is 0 Å². The standard InChI is InChI=1S/C15H16FN3O2/c1-17-14-10-12(5-7-18-14)11-3-2-4-13(9-11)19-15(20)21-8-6-16/h2-5,7,9-10H,6,8H2,1H3,(H,17,18)(H,19,20). The van der Waals surface area contributed by atoms with Crippen LogP contribution in [0.15, 0.2) is 42.6 Å². The molecule has 1 heterocycles. The highest BCUT2D eigenvalue weighted by Crippen LogP contribution is 2.24. The SMILES string of the molecule is CNc1cc(-c2cccc(NC(=O)OCCF)c2)ccn1. The number of amides is 1. The molecule has 0 bridgehead atoms. The molecule has 0 spiro atoms. The predicted octanol–water partition coefficient (Wildman–Crippen LogP) is 3.31. The molecule has 2 N–H and O–H groups in total. The van der Waals surface area contributed by atoms with Crippen molar-refractivity contribution < 1.29 is 13.9 Å². The van der Waals surface area contributed by atoms with Gasteiger partial charge in [-0.15, -0.1) is 0 Å². The van der Waals surface area contributed by atoms with Gasteiger partial charge in [0.05, 0.1) is 0 Å². The van der Waals surface area contributed by atoms with Crippen LogP contribution in [0, 0.1) is 0 Å².